The van der Waals surface area contributed by atoms with Gasteiger partial charge in [-0.25, -0.2) is 0 Å². The number of unbranched alkanes of at least 4 members (excludes halogenated alkanes) is 2. The van der Waals surface area contributed by atoms with Crippen LogP contribution in [0.2, 0.25) is 0 Å². The van der Waals surface area contributed by atoms with Gasteiger partial charge >= 0.3 is 39.9 Å². The normalized spacial score (nSPS) is 12.0. The van der Waals surface area contributed by atoms with Gasteiger partial charge in [0.05, 0.1) is 5.97 Å². The van der Waals surface area contributed by atoms with Crippen molar-refractivity contribution in [2.45, 2.75) is 83.6 Å². The van der Waals surface area contributed by atoms with Gasteiger partial charge in [0.15, 0.2) is 0 Å². The second-order valence-corrected chi connectivity index (χ2v) is 10.5. The molecule has 0 fully saturated rings. The van der Waals surface area contributed by atoms with Crippen molar-refractivity contribution in [3.8, 4) is 0 Å². The van der Waals surface area contributed by atoms with Crippen LogP contribution in [0.3, 0.4) is 0 Å². The average molecular weight is 799 g/mol. The minimum absolute atomic E-state index is 0. The van der Waals surface area contributed by atoms with E-state index in [1.165, 1.54) is 0 Å². The van der Waals surface area contributed by atoms with Crippen LogP contribution in [0.25, 0.3) is 0 Å². The summed E-state index contributed by atoms with van der Waals surface area (Å²) in [6.07, 6.45) is -3.06. The van der Waals surface area contributed by atoms with E-state index in [1.54, 1.807) is 6.92 Å². The molecule has 0 spiro atoms. The Kier molecular flexibility index (Phi) is 24.7. The molecule has 0 aromatic rings. The molecule has 1 radical (unpaired) electrons. The number of rotatable bonds is 27. The fraction of sp³-hybridized carbons (Fsp3) is 0.714. The summed E-state index contributed by atoms with van der Waals surface area (Å²) in [5.41, 5.74) is 5.35. The first kappa shape index (κ1) is 45.2. The zero-order valence-electron chi connectivity index (χ0n) is 25.8. The third kappa shape index (κ3) is 21.0. The van der Waals surface area contributed by atoms with Crippen LogP contribution in [-0.4, -0.2) is 108 Å². The molecule has 0 bridgehead atoms. The fourth-order valence-electron chi connectivity index (χ4n) is 4.49. The fourth-order valence-corrected chi connectivity index (χ4v) is 4.49. The number of amides is 3. The smallest absolute Gasteiger partial charge is 0.550 e. The number of Topliss-reactive ketones (excluding diaryl/α,β-unsaturated/α-hetero) is 2. The summed E-state index contributed by atoms with van der Waals surface area (Å²) >= 11 is 0. The minimum Gasteiger partial charge on any atom is -0.550 e. The monoisotopic (exact) mass is 799 g/mol. The number of carboxylic acid groups (broad SMARTS) is 5. The maximum Gasteiger partial charge on any atom is 3.00 e. The van der Waals surface area contributed by atoms with Crippen LogP contribution in [-0.2, 0) is 28.8 Å². The molecule has 0 aromatic carbocycles. The molecule has 0 saturated carbocycles. The molecule has 261 valence electrons. The van der Waals surface area contributed by atoms with Crippen LogP contribution in [0, 0.1) is 45.9 Å². The zero-order valence-corrected chi connectivity index (χ0v) is 28.0. The van der Waals surface area contributed by atoms with Gasteiger partial charge in [0.2, 0.25) is 5.91 Å². The van der Waals surface area contributed by atoms with Gasteiger partial charge in [-0.3, -0.25) is 19.3 Å². The minimum atomic E-state index is -1.75. The van der Waals surface area contributed by atoms with Crippen molar-refractivity contribution < 1.29 is 104 Å². The Morgan fingerprint density at radius 1 is 0.609 bits per heavy atom. The summed E-state index contributed by atoms with van der Waals surface area (Å²) < 4.78 is 0. The predicted octanol–water partition coefficient (Wildman–Crippen LogP) is -5.25. The molecule has 17 nitrogen and oxygen atoms in total. The quantitative estimate of drug-likeness (QED) is 0.0761. The molecule has 46 heavy (non-hydrogen) atoms. The number of carboxylic acids is 3. The average Bonchev–Trinajstić information content (AvgIpc) is 2.94. The maximum atomic E-state index is 12.5. The summed E-state index contributed by atoms with van der Waals surface area (Å²) in [7, 11) is 0. The Hall–Kier alpha value is -2.96. The van der Waals surface area contributed by atoms with Crippen LogP contribution >= 0.6 is 0 Å². The SMILES string of the molecule is CCC(=O)CC(CCCCCC(=O)CCC(C(=O)[O-])N(CCN(CCC(=O)[O-])C(=O)[O-])CCN(CCC(=O)[O-])C(=O)[O-])C(N)=O.[Gd+3]. The van der Waals surface area contributed by atoms with Gasteiger partial charge in [0, 0.05) is 102 Å². The first-order valence-corrected chi connectivity index (χ1v) is 14.7. The second kappa shape index (κ2) is 25.2. The standard InChI is InChI=1S/C28H46N4O13.Gd/c1-2-20(33)18-19(25(29)39)6-4-3-5-7-21(34)8-9-22(26(40)41)30(14-16-31(27(42)43)12-10-23(35)36)15-17-32(28(44)45)13-11-24(37)38;/h19,22H,2-18H2,1H3,(H2,29,39)(H,35,36)(H,37,38)(H,40,41)(H,42,43)(H,44,45);/q;+3/p-5. The molecule has 0 aliphatic carbocycles. The Balaban J connectivity index is 0. The van der Waals surface area contributed by atoms with Gasteiger partial charge in [0.1, 0.15) is 23.8 Å². The first-order valence-electron chi connectivity index (χ1n) is 14.7. The molecule has 0 aromatic heterocycles. The van der Waals surface area contributed by atoms with Gasteiger partial charge in [-0.15, -0.1) is 0 Å². The Morgan fingerprint density at radius 3 is 1.50 bits per heavy atom. The largest absolute Gasteiger partial charge is 3.00 e. The van der Waals surface area contributed by atoms with Crippen molar-refractivity contribution in [2.75, 3.05) is 39.3 Å². The van der Waals surface area contributed by atoms with Gasteiger partial charge in [-0.05, 0) is 19.3 Å². The summed E-state index contributed by atoms with van der Waals surface area (Å²) in [6, 6.07) is -1.50. The maximum absolute atomic E-state index is 12.5. The first-order chi connectivity index (χ1) is 21.1. The van der Waals surface area contributed by atoms with Crippen molar-refractivity contribution in [1.29, 1.82) is 0 Å². The van der Waals surface area contributed by atoms with Crippen molar-refractivity contribution in [2.24, 2.45) is 11.7 Å². The number of carbonyl (C=O) groups excluding carboxylic acids is 8. The molecule has 18 heteroatoms. The van der Waals surface area contributed by atoms with Crippen molar-refractivity contribution in [3.05, 3.63) is 0 Å². The molecule has 0 rings (SSSR count). The van der Waals surface area contributed by atoms with E-state index < -0.39 is 87.0 Å². The van der Waals surface area contributed by atoms with E-state index in [9.17, 15) is 63.9 Å². The van der Waals surface area contributed by atoms with Gasteiger partial charge in [0.25, 0.3) is 0 Å². The molecule has 2 N–H and O–H groups in total. The number of hydrogen-bond acceptors (Lipinski definition) is 14. The molecular formula is C28H41GdN4O13-2. The summed E-state index contributed by atoms with van der Waals surface area (Å²) in [5.74, 6) is -6.28. The molecule has 2 unspecified atom stereocenters. The summed E-state index contributed by atoms with van der Waals surface area (Å²) in [6.45, 7) is -1.01. The van der Waals surface area contributed by atoms with Crippen LogP contribution in [0.4, 0.5) is 9.59 Å². The molecular weight excluding hydrogens is 758 g/mol. The van der Waals surface area contributed by atoms with Crippen LogP contribution in [0.1, 0.15) is 77.6 Å². The molecule has 0 aliphatic rings. The summed E-state index contributed by atoms with van der Waals surface area (Å²) in [5, 5.41) is 56.5. The second-order valence-electron chi connectivity index (χ2n) is 10.5. The number of nitrogens with two attached hydrogens (primary N) is 1. The van der Waals surface area contributed by atoms with E-state index in [-0.39, 0.29) is 96.7 Å². The summed E-state index contributed by atoms with van der Waals surface area (Å²) in [4.78, 5) is 94.5. The van der Waals surface area contributed by atoms with Gasteiger partial charge in [-0.2, -0.15) is 0 Å². The van der Waals surface area contributed by atoms with E-state index in [1.807, 2.05) is 0 Å². The van der Waals surface area contributed by atoms with Crippen LogP contribution in [0.5, 0.6) is 0 Å². The number of hydrogen-bond donors (Lipinski definition) is 1. The number of carbonyl (C=O) groups is 8. The molecule has 3 amide bonds. The topological polar surface area (TPSA) is 288 Å². The molecule has 0 heterocycles. The molecule has 0 saturated heterocycles. The predicted molar refractivity (Wildman–Crippen MR) is 143 cm³/mol. The third-order valence-electron chi connectivity index (χ3n) is 7.19. The Bertz CT molecular complexity index is 1000. The van der Waals surface area contributed by atoms with Gasteiger partial charge in [-0.1, -0.05) is 19.8 Å². The van der Waals surface area contributed by atoms with Crippen LogP contribution < -0.4 is 31.3 Å². The van der Waals surface area contributed by atoms with Gasteiger partial charge < -0.3 is 65.0 Å². The van der Waals surface area contributed by atoms with Crippen LogP contribution in [0.15, 0.2) is 0 Å². The number of nitrogens with zero attached hydrogens (tertiary/aromatic N) is 3. The Labute approximate surface area is 299 Å². The van der Waals surface area contributed by atoms with Crippen molar-refractivity contribution in [3.63, 3.8) is 0 Å². The number of ketones is 2. The van der Waals surface area contributed by atoms with E-state index in [0.29, 0.717) is 35.5 Å². The van der Waals surface area contributed by atoms with E-state index in [2.05, 4.69) is 0 Å². The Morgan fingerprint density at radius 2 is 1.11 bits per heavy atom. The molecule has 2 atom stereocenters. The van der Waals surface area contributed by atoms with E-state index >= 15 is 0 Å². The number of aliphatic carboxylic acids is 3. The van der Waals surface area contributed by atoms with E-state index in [0.717, 1.165) is 4.90 Å². The number of primary amides is 1. The zero-order chi connectivity index (χ0) is 34.5. The van der Waals surface area contributed by atoms with E-state index in [4.69, 9.17) is 5.73 Å². The van der Waals surface area contributed by atoms with Crippen molar-refractivity contribution >= 4 is 47.6 Å². The molecule has 0 aliphatic heterocycles. The van der Waals surface area contributed by atoms with Crippen molar-refractivity contribution in [1.82, 2.24) is 14.7 Å². The third-order valence-corrected chi connectivity index (χ3v) is 7.19.